The summed E-state index contributed by atoms with van der Waals surface area (Å²) in [6.45, 7) is 2.83. The molecule has 1 aromatic rings. The van der Waals surface area contributed by atoms with E-state index in [1.165, 1.54) is 18.7 Å². The van der Waals surface area contributed by atoms with Gasteiger partial charge in [-0.15, -0.1) is 0 Å². The van der Waals surface area contributed by atoms with Crippen molar-refractivity contribution in [2.24, 2.45) is 11.8 Å². The molecule has 30 heavy (non-hydrogen) atoms. The SMILES string of the molecule is CC(=O)c1cccc(NC(=O)[C@@H](C)OC(=O)CCN2C(=O)[C@H]3CCCC[C@H]3C2=O)c1. The predicted octanol–water partition coefficient (Wildman–Crippen LogP) is 2.32. The third-order valence-corrected chi connectivity index (χ3v) is 5.69. The fourth-order valence-corrected chi connectivity index (χ4v) is 4.02. The fourth-order valence-electron chi connectivity index (χ4n) is 4.02. The van der Waals surface area contributed by atoms with Crippen LogP contribution in [0, 0.1) is 11.8 Å². The molecule has 0 spiro atoms. The summed E-state index contributed by atoms with van der Waals surface area (Å²) in [6.07, 6.45) is 2.10. The Morgan fingerprint density at radius 1 is 1.13 bits per heavy atom. The Morgan fingerprint density at radius 2 is 1.77 bits per heavy atom. The summed E-state index contributed by atoms with van der Waals surface area (Å²) in [6, 6.07) is 6.45. The first-order chi connectivity index (χ1) is 14.3. The summed E-state index contributed by atoms with van der Waals surface area (Å²) in [7, 11) is 0. The molecule has 8 heteroatoms. The van der Waals surface area contributed by atoms with E-state index in [4.69, 9.17) is 4.74 Å². The quantitative estimate of drug-likeness (QED) is 0.417. The van der Waals surface area contributed by atoms with Gasteiger partial charge < -0.3 is 10.1 Å². The van der Waals surface area contributed by atoms with Crippen molar-refractivity contribution < 1.29 is 28.7 Å². The van der Waals surface area contributed by atoms with E-state index in [2.05, 4.69) is 5.32 Å². The number of carbonyl (C=O) groups is 5. The third kappa shape index (κ3) is 4.75. The van der Waals surface area contributed by atoms with E-state index in [1.54, 1.807) is 24.3 Å². The molecule has 3 rings (SSSR count). The smallest absolute Gasteiger partial charge is 0.308 e. The van der Waals surface area contributed by atoms with Gasteiger partial charge in [0.2, 0.25) is 11.8 Å². The number of anilines is 1. The molecule has 0 bridgehead atoms. The Labute approximate surface area is 174 Å². The number of carbonyl (C=O) groups excluding carboxylic acids is 5. The number of benzene rings is 1. The highest BCUT2D eigenvalue weighted by molar-refractivity contribution is 6.05. The van der Waals surface area contributed by atoms with Crippen molar-refractivity contribution in [2.45, 2.75) is 52.1 Å². The monoisotopic (exact) mass is 414 g/mol. The Balaban J connectivity index is 1.49. The Bertz CT molecular complexity index is 856. The first kappa shape index (κ1) is 21.7. The van der Waals surface area contributed by atoms with Gasteiger partial charge in [-0.25, -0.2) is 0 Å². The maximum absolute atomic E-state index is 12.4. The van der Waals surface area contributed by atoms with Crippen LogP contribution in [0.5, 0.6) is 0 Å². The van der Waals surface area contributed by atoms with Gasteiger partial charge in [-0.3, -0.25) is 28.9 Å². The van der Waals surface area contributed by atoms with E-state index in [0.29, 0.717) is 11.3 Å². The van der Waals surface area contributed by atoms with E-state index in [9.17, 15) is 24.0 Å². The number of imide groups is 1. The van der Waals surface area contributed by atoms with Crippen molar-refractivity contribution in [3.63, 3.8) is 0 Å². The van der Waals surface area contributed by atoms with Crippen LogP contribution in [0.25, 0.3) is 0 Å². The van der Waals surface area contributed by atoms with Crippen LogP contribution < -0.4 is 5.32 Å². The second-order valence-corrected chi connectivity index (χ2v) is 7.83. The normalized spacial score (nSPS) is 21.7. The van der Waals surface area contributed by atoms with E-state index in [1.807, 2.05) is 0 Å². The van der Waals surface area contributed by atoms with Crippen molar-refractivity contribution in [1.29, 1.82) is 0 Å². The van der Waals surface area contributed by atoms with Crippen molar-refractivity contribution in [3.8, 4) is 0 Å². The van der Waals surface area contributed by atoms with Gasteiger partial charge in [-0.2, -0.15) is 0 Å². The zero-order valence-electron chi connectivity index (χ0n) is 17.2. The van der Waals surface area contributed by atoms with Gasteiger partial charge in [0.15, 0.2) is 11.9 Å². The fraction of sp³-hybridized carbons (Fsp3) is 0.500. The van der Waals surface area contributed by atoms with Gasteiger partial charge in [-0.1, -0.05) is 25.0 Å². The summed E-state index contributed by atoms with van der Waals surface area (Å²) in [4.78, 5) is 61.9. The van der Waals surface area contributed by atoms with Gasteiger partial charge >= 0.3 is 5.97 Å². The number of nitrogens with zero attached hydrogens (tertiary/aromatic N) is 1. The number of nitrogens with one attached hydrogen (secondary N) is 1. The molecule has 160 valence electrons. The van der Waals surface area contributed by atoms with E-state index >= 15 is 0 Å². The first-order valence-electron chi connectivity index (χ1n) is 10.2. The number of fused-ring (bicyclic) bond motifs is 1. The standard InChI is InChI=1S/C22H26N2O6/c1-13(25)15-6-5-7-16(12-15)23-20(27)14(2)30-19(26)10-11-24-21(28)17-8-3-4-9-18(17)22(24)29/h5-7,12,14,17-18H,3-4,8-11H2,1-2H3,(H,23,27)/t14-,17-,18+/m1/s1. The van der Waals surface area contributed by atoms with E-state index in [0.717, 1.165) is 25.7 Å². The Morgan fingerprint density at radius 3 is 2.37 bits per heavy atom. The largest absolute Gasteiger partial charge is 0.452 e. The number of Topliss-reactive ketones (excluding diaryl/α,β-unsaturated/α-hetero) is 1. The van der Waals surface area contributed by atoms with Crippen LogP contribution in [0.15, 0.2) is 24.3 Å². The molecule has 1 N–H and O–H groups in total. The summed E-state index contributed by atoms with van der Waals surface area (Å²) in [5.41, 5.74) is 0.879. The van der Waals surface area contributed by atoms with Crippen molar-refractivity contribution in [2.75, 3.05) is 11.9 Å². The van der Waals surface area contributed by atoms with Crippen LogP contribution in [0.3, 0.4) is 0 Å². The number of rotatable bonds is 7. The number of ketones is 1. The highest BCUT2D eigenvalue weighted by Gasteiger charge is 2.47. The summed E-state index contributed by atoms with van der Waals surface area (Å²) < 4.78 is 5.14. The lowest BCUT2D eigenvalue weighted by molar-refractivity contribution is -0.154. The number of hydrogen-bond donors (Lipinski definition) is 1. The molecule has 0 radical (unpaired) electrons. The van der Waals surface area contributed by atoms with E-state index in [-0.39, 0.29) is 42.4 Å². The van der Waals surface area contributed by atoms with Crippen LogP contribution in [0.1, 0.15) is 56.3 Å². The van der Waals surface area contributed by atoms with Crippen molar-refractivity contribution in [1.82, 2.24) is 4.90 Å². The lowest BCUT2D eigenvalue weighted by Gasteiger charge is -2.19. The Hall–Kier alpha value is -3.03. The lowest BCUT2D eigenvalue weighted by atomic mass is 9.81. The molecule has 1 saturated carbocycles. The van der Waals surface area contributed by atoms with Crippen molar-refractivity contribution >= 4 is 35.2 Å². The van der Waals surface area contributed by atoms with Crippen molar-refractivity contribution in [3.05, 3.63) is 29.8 Å². The molecular weight excluding hydrogens is 388 g/mol. The molecule has 1 saturated heterocycles. The lowest BCUT2D eigenvalue weighted by Crippen LogP contribution is -2.35. The molecular formula is C22H26N2O6. The highest BCUT2D eigenvalue weighted by atomic mass is 16.5. The number of likely N-dealkylation sites (tertiary alicyclic amines) is 1. The molecule has 1 aliphatic carbocycles. The number of esters is 1. The number of hydrogen-bond acceptors (Lipinski definition) is 6. The minimum atomic E-state index is -1.06. The molecule has 1 heterocycles. The zero-order valence-corrected chi connectivity index (χ0v) is 17.2. The van der Waals surface area contributed by atoms with Crippen LogP contribution in [0.4, 0.5) is 5.69 Å². The third-order valence-electron chi connectivity index (χ3n) is 5.69. The second-order valence-electron chi connectivity index (χ2n) is 7.83. The van der Waals surface area contributed by atoms with Crippen LogP contribution in [-0.4, -0.2) is 47.0 Å². The van der Waals surface area contributed by atoms with Gasteiger partial charge in [0.1, 0.15) is 0 Å². The molecule has 1 aliphatic heterocycles. The van der Waals surface area contributed by atoms with Gasteiger partial charge in [-0.05, 0) is 38.8 Å². The minimum Gasteiger partial charge on any atom is -0.452 e. The molecule has 1 aromatic carbocycles. The van der Waals surface area contributed by atoms with E-state index < -0.39 is 18.0 Å². The molecule has 2 fully saturated rings. The minimum absolute atomic E-state index is 0.0293. The van der Waals surface area contributed by atoms with Crippen LogP contribution in [-0.2, 0) is 23.9 Å². The predicted molar refractivity (Wildman–Crippen MR) is 107 cm³/mol. The van der Waals surface area contributed by atoms with Gasteiger partial charge in [0, 0.05) is 17.8 Å². The Kier molecular flexibility index (Phi) is 6.64. The second kappa shape index (κ2) is 9.19. The topological polar surface area (TPSA) is 110 Å². The molecule has 8 nitrogen and oxygen atoms in total. The average Bonchev–Trinajstić information content (AvgIpc) is 2.97. The summed E-state index contributed by atoms with van der Waals surface area (Å²) >= 11 is 0. The maximum Gasteiger partial charge on any atom is 0.308 e. The average molecular weight is 414 g/mol. The molecule has 0 unspecified atom stereocenters. The maximum atomic E-state index is 12.4. The van der Waals surface area contributed by atoms with Crippen LogP contribution in [0.2, 0.25) is 0 Å². The van der Waals surface area contributed by atoms with Gasteiger partial charge in [0.05, 0.1) is 18.3 Å². The summed E-state index contributed by atoms with van der Waals surface area (Å²) in [5, 5.41) is 2.60. The van der Waals surface area contributed by atoms with Crippen LogP contribution >= 0.6 is 0 Å². The first-order valence-corrected chi connectivity index (χ1v) is 10.2. The zero-order chi connectivity index (χ0) is 21.8. The molecule has 3 amide bonds. The number of amides is 3. The highest BCUT2D eigenvalue weighted by Crippen LogP contribution is 2.37. The number of ether oxygens (including phenoxy) is 1. The molecule has 3 atom stereocenters. The molecule has 2 aliphatic rings. The van der Waals surface area contributed by atoms with Gasteiger partial charge in [0.25, 0.3) is 5.91 Å². The molecule has 0 aromatic heterocycles. The summed E-state index contributed by atoms with van der Waals surface area (Å²) in [5.74, 6) is -2.23.